The van der Waals surface area contributed by atoms with Gasteiger partial charge in [-0.15, -0.1) is 0 Å². The van der Waals surface area contributed by atoms with Crippen LogP contribution in [0.25, 0.3) is 6.08 Å². The van der Waals surface area contributed by atoms with Crippen LogP contribution in [-0.4, -0.2) is 29.9 Å². The molecule has 0 bridgehead atoms. The molecule has 1 heterocycles. The summed E-state index contributed by atoms with van der Waals surface area (Å²) in [5.41, 5.74) is 2.11. The van der Waals surface area contributed by atoms with Gasteiger partial charge >= 0.3 is 0 Å². The van der Waals surface area contributed by atoms with Crippen molar-refractivity contribution in [1.29, 1.82) is 0 Å². The Bertz CT molecular complexity index is 1260. The Hall–Kier alpha value is -3.33. The average Bonchev–Trinajstić information content (AvgIpc) is 3.12. The van der Waals surface area contributed by atoms with Gasteiger partial charge in [-0.05, 0) is 60.2 Å². The number of amides is 2. The molecule has 1 aliphatic heterocycles. The van der Waals surface area contributed by atoms with Gasteiger partial charge < -0.3 is 14.8 Å². The normalized spacial score (nSPS) is 14.4. The molecule has 6 nitrogen and oxygen atoms in total. The number of nitrogens with zero attached hydrogens (tertiary/aromatic N) is 1. The average molecular weight is 511 g/mol. The van der Waals surface area contributed by atoms with Crippen LogP contribution in [0.5, 0.6) is 11.5 Å². The van der Waals surface area contributed by atoms with Crippen molar-refractivity contribution in [3.8, 4) is 11.5 Å². The minimum absolute atomic E-state index is 0.143. The maximum Gasteiger partial charge on any atom is 0.270 e. The molecule has 0 unspecified atom stereocenters. The minimum Gasteiger partial charge on any atom is -0.497 e. The molecule has 0 saturated carbocycles. The van der Waals surface area contributed by atoms with Gasteiger partial charge in [-0.25, -0.2) is 0 Å². The molecule has 172 valence electrons. The molecule has 4 rings (SSSR count). The van der Waals surface area contributed by atoms with E-state index in [9.17, 15) is 9.59 Å². The molecule has 0 spiro atoms. The third-order valence-electron chi connectivity index (χ3n) is 4.78. The first-order chi connectivity index (χ1) is 16.4. The predicted octanol–water partition coefficient (Wildman–Crippen LogP) is 5.77. The molecule has 0 atom stereocenters. The number of benzene rings is 3. The van der Waals surface area contributed by atoms with Crippen molar-refractivity contribution in [3.05, 3.63) is 88.3 Å². The number of carbonyl (C=O) groups is 2. The molecule has 1 saturated heterocycles. The molecule has 34 heavy (non-hydrogen) atoms. The zero-order chi connectivity index (χ0) is 24.1. The number of nitrogens with one attached hydrogen (secondary N) is 1. The van der Waals surface area contributed by atoms with Gasteiger partial charge in [-0.2, -0.15) is 0 Å². The molecule has 1 N–H and O–H groups in total. The number of rotatable bonds is 7. The lowest BCUT2D eigenvalue weighted by atomic mass is 10.2. The van der Waals surface area contributed by atoms with E-state index in [0.717, 1.165) is 5.56 Å². The second kappa shape index (κ2) is 10.7. The lowest BCUT2D eigenvalue weighted by Crippen LogP contribution is -2.27. The number of thioether (sulfide) groups is 1. The predicted molar refractivity (Wildman–Crippen MR) is 141 cm³/mol. The van der Waals surface area contributed by atoms with E-state index < -0.39 is 0 Å². The van der Waals surface area contributed by atoms with Gasteiger partial charge in [-0.3, -0.25) is 14.5 Å². The maximum absolute atomic E-state index is 12.9. The van der Waals surface area contributed by atoms with Crippen molar-refractivity contribution in [2.24, 2.45) is 0 Å². The van der Waals surface area contributed by atoms with Gasteiger partial charge in [0.25, 0.3) is 11.8 Å². The number of carbonyl (C=O) groups excluding carboxylic acids is 2. The van der Waals surface area contributed by atoms with Crippen LogP contribution in [-0.2, 0) is 9.59 Å². The van der Waals surface area contributed by atoms with Crippen LogP contribution < -0.4 is 19.7 Å². The van der Waals surface area contributed by atoms with Gasteiger partial charge in [0.05, 0.1) is 17.7 Å². The Labute approximate surface area is 211 Å². The Balaban J connectivity index is 1.36. The quantitative estimate of drug-likeness (QED) is 0.321. The Morgan fingerprint density at radius 2 is 1.82 bits per heavy atom. The highest BCUT2D eigenvalue weighted by Crippen LogP contribution is 2.36. The van der Waals surface area contributed by atoms with E-state index in [2.05, 4.69) is 5.32 Å². The summed E-state index contributed by atoms with van der Waals surface area (Å²) in [7, 11) is 1.56. The standard InChI is InChI=1S/C25H19ClN2O4S2/c1-31-21-4-2-3-18(14-21)27-23(29)15-32-20-11-5-16(6-12-20)13-22-24(30)28(25(33)34-22)19-9-7-17(26)8-10-19/h2-14H,15H2,1H3,(H,27,29)/b22-13-. The highest BCUT2D eigenvalue weighted by molar-refractivity contribution is 8.27. The van der Waals surface area contributed by atoms with Crippen LogP contribution in [0, 0.1) is 0 Å². The van der Waals surface area contributed by atoms with Crippen LogP contribution in [0.15, 0.2) is 77.7 Å². The van der Waals surface area contributed by atoms with Crippen LogP contribution >= 0.6 is 35.6 Å². The van der Waals surface area contributed by atoms with E-state index in [-0.39, 0.29) is 18.4 Å². The molecular formula is C25H19ClN2O4S2. The zero-order valence-corrected chi connectivity index (χ0v) is 20.4. The second-order valence-corrected chi connectivity index (χ2v) is 9.24. The summed E-state index contributed by atoms with van der Waals surface area (Å²) in [6, 6.07) is 21.1. The van der Waals surface area contributed by atoms with Gasteiger partial charge in [0.15, 0.2) is 10.9 Å². The monoisotopic (exact) mass is 510 g/mol. The summed E-state index contributed by atoms with van der Waals surface area (Å²) in [6.45, 7) is -0.143. The minimum atomic E-state index is -0.289. The maximum atomic E-state index is 12.9. The largest absolute Gasteiger partial charge is 0.497 e. The van der Waals surface area contributed by atoms with E-state index in [1.54, 1.807) is 73.8 Å². The Morgan fingerprint density at radius 3 is 2.53 bits per heavy atom. The first-order valence-electron chi connectivity index (χ1n) is 10.1. The lowest BCUT2D eigenvalue weighted by molar-refractivity contribution is -0.118. The van der Waals surface area contributed by atoms with Crippen LogP contribution in [0.4, 0.5) is 11.4 Å². The molecule has 2 amide bonds. The summed E-state index contributed by atoms with van der Waals surface area (Å²) in [4.78, 5) is 27.1. The summed E-state index contributed by atoms with van der Waals surface area (Å²) in [6.07, 6.45) is 1.77. The molecule has 3 aromatic rings. The fourth-order valence-corrected chi connectivity index (χ4v) is 4.56. The summed E-state index contributed by atoms with van der Waals surface area (Å²) >= 11 is 12.6. The van der Waals surface area contributed by atoms with Crippen molar-refractivity contribution in [1.82, 2.24) is 0 Å². The van der Waals surface area contributed by atoms with Crippen molar-refractivity contribution >= 4 is 69.2 Å². The van der Waals surface area contributed by atoms with Gasteiger partial charge in [0.1, 0.15) is 11.5 Å². The van der Waals surface area contributed by atoms with Crippen LogP contribution in [0.3, 0.4) is 0 Å². The third kappa shape index (κ3) is 5.77. The number of hydrogen-bond donors (Lipinski definition) is 1. The second-order valence-electron chi connectivity index (χ2n) is 7.13. The molecular weight excluding hydrogens is 492 g/mol. The topological polar surface area (TPSA) is 67.9 Å². The third-order valence-corrected chi connectivity index (χ3v) is 6.33. The van der Waals surface area contributed by atoms with Gasteiger partial charge in [0, 0.05) is 16.8 Å². The number of methoxy groups -OCH3 is 1. The van der Waals surface area contributed by atoms with E-state index in [1.807, 2.05) is 12.1 Å². The van der Waals surface area contributed by atoms with E-state index in [1.165, 1.54) is 16.7 Å². The molecule has 3 aromatic carbocycles. The molecule has 9 heteroatoms. The smallest absolute Gasteiger partial charge is 0.270 e. The van der Waals surface area contributed by atoms with Crippen LogP contribution in [0.2, 0.25) is 5.02 Å². The zero-order valence-electron chi connectivity index (χ0n) is 18.0. The fraction of sp³-hybridized carbons (Fsp3) is 0.0800. The molecule has 0 radical (unpaired) electrons. The number of ether oxygens (including phenoxy) is 2. The molecule has 0 aliphatic carbocycles. The number of thiocarbonyl (C=S) groups is 1. The van der Waals surface area contributed by atoms with Gasteiger partial charge in [-0.1, -0.05) is 53.8 Å². The summed E-state index contributed by atoms with van der Waals surface area (Å²) in [5.74, 6) is 0.709. The van der Waals surface area contributed by atoms with E-state index in [4.69, 9.17) is 33.3 Å². The highest BCUT2D eigenvalue weighted by Gasteiger charge is 2.33. The van der Waals surface area contributed by atoms with E-state index >= 15 is 0 Å². The number of anilines is 2. The molecule has 1 fully saturated rings. The first kappa shape index (κ1) is 23.8. The molecule has 1 aliphatic rings. The van der Waals surface area contributed by atoms with Gasteiger partial charge in [0.2, 0.25) is 0 Å². The van der Waals surface area contributed by atoms with Crippen LogP contribution in [0.1, 0.15) is 5.56 Å². The Morgan fingerprint density at radius 1 is 1.09 bits per heavy atom. The number of halogens is 1. The van der Waals surface area contributed by atoms with Crippen molar-refractivity contribution in [2.75, 3.05) is 23.9 Å². The van der Waals surface area contributed by atoms with Crippen molar-refractivity contribution in [3.63, 3.8) is 0 Å². The first-order valence-corrected chi connectivity index (χ1v) is 11.7. The highest BCUT2D eigenvalue weighted by atomic mass is 35.5. The Kier molecular flexibility index (Phi) is 7.52. The summed E-state index contributed by atoms with van der Waals surface area (Å²) < 4.78 is 11.2. The number of hydrogen-bond acceptors (Lipinski definition) is 6. The summed E-state index contributed by atoms with van der Waals surface area (Å²) in [5, 5.41) is 3.35. The van der Waals surface area contributed by atoms with Crippen molar-refractivity contribution in [2.45, 2.75) is 0 Å². The fourth-order valence-electron chi connectivity index (χ4n) is 3.14. The lowest BCUT2D eigenvalue weighted by Gasteiger charge is -2.14. The van der Waals surface area contributed by atoms with E-state index in [0.29, 0.717) is 37.1 Å². The molecule has 0 aromatic heterocycles. The SMILES string of the molecule is COc1cccc(NC(=O)COc2ccc(/C=C3\SC(=S)N(c4ccc(Cl)cc4)C3=O)cc2)c1. The van der Waals surface area contributed by atoms with Crippen molar-refractivity contribution < 1.29 is 19.1 Å².